The Balaban J connectivity index is 1.95. The van der Waals surface area contributed by atoms with E-state index in [1.807, 2.05) is 13.1 Å². The second kappa shape index (κ2) is 5.74. The molecule has 2 rings (SSSR count). The van der Waals surface area contributed by atoms with Gasteiger partial charge in [-0.25, -0.2) is 0 Å². The molecule has 0 saturated heterocycles. The maximum absolute atomic E-state index is 12.1. The van der Waals surface area contributed by atoms with E-state index in [0.717, 1.165) is 19.4 Å². The van der Waals surface area contributed by atoms with Gasteiger partial charge in [-0.2, -0.15) is 5.10 Å². The van der Waals surface area contributed by atoms with Gasteiger partial charge in [-0.05, 0) is 39.9 Å². The van der Waals surface area contributed by atoms with Gasteiger partial charge in [0.15, 0.2) is 0 Å². The van der Waals surface area contributed by atoms with E-state index in [4.69, 9.17) is 0 Å². The molecule has 1 N–H and O–H groups in total. The summed E-state index contributed by atoms with van der Waals surface area (Å²) in [6, 6.07) is 1.77. The second-order valence-electron chi connectivity index (χ2n) is 5.57. The largest absolute Gasteiger partial charge is 0.349 e. The summed E-state index contributed by atoms with van der Waals surface area (Å²) in [5, 5.41) is 7.28. The van der Waals surface area contributed by atoms with Crippen LogP contribution in [0.25, 0.3) is 0 Å². The van der Waals surface area contributed by atoms with Gasteiger partial charge in [-0.15, -0.1) is 0 Å². The average Bonchev–Trinajstić information content (AvgIpc) is 3.05. The highest BCUT2D eigenvalue weighted by Gasteiger charge is 2.36. The minimum absolute atomic E-state index is 0.0691. The molecule has 0 unspecified atom stereocenters. The molecule has 0 aromatic carbocycles. The Hall–Kier alpha value is -1.36. The molecule has 0 radical (unpaired) electrons. The SMILES string of the molecule is CCn1ccc(C(=O)NCC2(N(C)C)CCCC2)n1. The Morgan fingerprint density at radius 3 is 2.68 bits per heavy atom. The van der Waals surface area contributed by atoms with Crippen molar-refractivity contribution < 1.29 is 4.79 Å². The minimum Gasteiger partial charge on any atom is -0.349 e. The molecule has 0 aliphatic heterocycles. The average molecular weight is 264 g/mol. The zero-order chi connectivity index (χ0) is 13.9. The van der Waals surface area contributed by atoms with Gasteiger partial charge >= 0.3 is 0 Å². The number of aryl methyl sites for hydroxylation is 1. The van der Waals surface area contributed by atoms with Gasteiger partial charge in [-0.1, -0.05) is 12.8 Å². The Morgan fingerprint density at radius 2 is 2.16 bits per heavy atom. The van der Waals surface area contributed by atoms with E-state index < -0.39 is 0 Å². The fourth-order valence-electron chi connectivity index (χ4n) is 2.81. The number of nitrogens with zero attached hydrogens (tertiary/aromatic N) is 3. The summed E-state index contributed by atoms with van der Waals surface area (Å²) in [7, 11) is 4.20. The molecule has 19 heavy (non-hydrogen) atoms. The van der Waals surface area contributed by atoms with E-state index in [2.05, 4.69) is 29.4 Å². The molecule has 1 saturated carbocycles. The Labute approximate surface area is 115 Å². The number of carbonyl (C=O) groups excluding carboxylic acids is 1. The third-order valence-electron chi connectivity index (χ3n) is 4.26. The number of hydrogen-bond donors (Lipinski definition) is 1. The number of rotatable bonds is 5. The molecule has 1 amide bonds. The minimum atomic E-state index is -0.0691. The summed E-state index contributed by atoms with van der Waals surface area (Å²) < 4.78 is 1.77. The Bertz CT molecular complexity index is 432. The van der Waals surface area contributed by atoms with Crippen molar-refractivity contribution in [3.05, 3.63) is 18.0 Å². The zero-order valence-electron chi connectivity index (χ0n) is 12.1. The third kappa shape index (κ3) is 2.97. The summed E-state index contributed by atoms with van der Waals surface area (Å²) in [4.78, 5) is 14.3. The van der Waals surface area contributed by atoms with Crippen LogP contribution in [0.4, 0.5) is 0 Å². The molecule has 1 aromatic heterocycles. The second-order valence-corrected chi connectivity index (χ2v) is 5.57. The fourth-order valence-corrected chi connectivity index (χ4v) is 2.81. The van der Waals surface area contributed by atoms with Gasteiger partial charge in [0.25, 0.3) is 5.91 Å². The quantitative estimate of drug-likeness (QED) is 0.877. The van der Waals surface area contributed by atoms with Crippen molar-refractivity contribution in [1.29, 1.82) is 0 Å². The van der Waals surface area contributed by atoms with Crippen LogP contribution in [-0.2, 0) is 6.54 Å². The van der Waals surface area contributed by atoms with Crippen LogP contribution in [0.15, 0.2) is 12.3 Å². The summed E-state index contributed by atoms with van der Waals surface area (Å²) in [6.07, 6.45) is 6.65. The Morgan fingerprint density at radius 1 is 1.47 bits per heavy atom. The normalized spacial score (nSPS) is 17.9. The van der Waals surface area contributed by atoms with Crippen LogP contribution in [0.2, 0.25) is 0 Å². The molecule has 5 heteroatoms. The summed E-state index contributed by atoms with van der Waals surface area (Å²) >= 11 is 0. The molecule has 106 valence electrons. The van der Waals surface area contributed by atoms with E-state index >= 15 is 0 Å². The van der Waals surface area contributed by atoms with Crippen molar-refractivity contribution in [2.24, 2.45) is 0 Å². The summed E-state index contributed by atoms with van der Waals surface area (Å²) in [6.45, 7) is 3.50. The lowest BCUT2D eigenvalue weighted by atomic mass is 9.96. The van der Waals surface area contributed by atoms with Crippen LogP contribution in [0.3, 0.4) is 0 Å². The van der Waals surface area contributed by atoms with Gasteiger partial charge in [0.1, 0.15) is 5.69 Å². The van der Waals surface area contributed by atoms with Crippen molar-refractivity contribution in [1.82, 2.24) is 20.0 Å². The van der Waals surface area contributed by atoms with Crippen molar-refractivity contribution >= 4 is 5.91 Å². The van der Waals surface area contributed by atoms with E-state index in [0.29, 0.717) is 12.2 Å². The standard InChI is InChI=1S/C14H24N4O/c1-4-18-10-7-12(16-18)13(19)15-11-14(17(2)3)8-5-6-9-14/h7,10H,4-6,8-9,11H2,1-3H3,(H,15,19). The van der Waals surface area contributed by atoms with Crippen LogP contribution in [0.1, 0.15) is 43.1 Å². The molecule has 0 spiro atoms. The molecule has 1 heterocycles. The van der Waals surface area contributed by atoms with Crippen molar-refractivity contribution in [2.75, 3.05) is 20.6 Å². The van der Waals surface area contributed by atoms with Crippen LogP contribution in [0.5, 0.6) is 0 Å². The van der Waals surface area contributed by atoms with E-state index in [1.54, 1.807) is 10.7 Å². The third-order valence-corrected chi connectivity index (χ3v) is 4.26. The first-order valence-corrected chi connectivity index (χ1v) is 7.06. The van der Waals surface area contributed by atoms with Crippen molar-refractivity contribution in [3.8, 4) is 0 Å². The number of carbonyl (C=O) groups is 1. The molecular formula is C14H24N4O. The molecule has 1 aromatic rings. The Kier molecular flexibility index (Phi) is 4.24. The lowest BCUT2D eigenvalue weighted by molar-refractivity contribution is 0.0894. The number of aromatic nitrogens is 2. The van der Waals surface area contributed by atoms with Gasteiger partial charge in [0.2, 0.25) is 0 Å². The number of likely N-dealkylation sites (N-methyl/N-ethyl adjacent to an activating group) is 1. The van der Waals surface area contributed by atoms with Crippen LogP contribution < -0.4 is 5.32 Å². The number of nitrogens with one attached hydrogen (secondary N) is 1. The van der Waals surface area contributed by atoms with Crippen LogP contribution in [-0.4, -0.2) is 46.8 Å². The lowest BCUT2D eigenvalue weighted by Crippen LogP contribution is -2.50. The number of amides is 1. The summed E-state index contributed by atoms with van der Waals surface area (Å²) in [5.41, 5.74) is 0.636. The van der Waals surface area contributed by atoms with Gasteiger partial charge in [0.05, 0.1) is 0 Å². The van der Waals surface area contributed by atoms with Gasteiger partial charge < -0.3 is 10.2 Å². The number of hydrogen-bond acceptors (Lipinski definition) is 3. The predicted octanol–water partition coefficient (Wildman–Crippen LogP) is 1.51. The van der Waals surface area contributed by atoms with E-state index in [-0.39, 0.29) is 11.4 Å². The first kappa shape index (κ1) is 14.1. The molecule has 5 nitrogen and oxygen atoms in total. The van der Waals surface area contributed by atoms with Gasteiger partial charge in [0, 0.05) is 24.8 Å². The van der Waals surface area contributed by atoms with Crippen LogP contribution in [0, 0.1) is 0 Å². The van der Waals surface area contributed by atoms with Crippen LogP contribution >= 0.6 is 0 Å². The van der Waals surface area contributed by atoms with E-state index in [9.17, 15) is 4.79 Å². The molecule has 0 bridgehead atoms. The summed E-state index contributed by atoms with van der Waals surface area (Å²) in [5.74, 6) is -0.0691. The first-order chi connectivity index (χ1) is 9.07. The maximum atomic E-state index is 12.1. The topological polar surface area (TPSA) is 50.2 Å². The molecular weight excluding hydrogens is 240 g/mol. The van der Waals surface area contributed by atoms with Gasteiger partial charge in [-0.3, -0.25) is 9.48 Å². The first-order valence-electron chi connectivity index (χ1n) is 7.06. The van der Waals surface area contributed by atoms with Crippen molar-refractivity contribution in [2.45, 2.75) is 44.7 Å². The van der Waals surface area contributed by atoms with Crippen molar-refractivity contribution in [3.63, 3.8) is 0 Å². The monoisotopic (exact) mass is 264 g/mol. The maximum Gasteiger partial charge on any atom is 0.271 e. The highest BCUT2D eigenvalue weighted by molar-refractivity contribution is 5.92. The zero-order valence-corrected chi connectivity index (χ0v) is 12.1. The highest BCUT2D eigenvalue weighted by atomic mass is 16.1. The fraction of sp³-hybridized carbons (Fsp3) is 0.714. The van der Waals surface area contributed by atoms with E-state index in [1.165, 1.54) is 12.8 Å². The molecule has 1 fully saturated rings. The predicted molar refractivity (Wildman–Crippen MR) is 75.1 cm³/mol. The highest BCUT2D eigenvalue weighted by Crippen LogP contribution is 2.33. The molecule has 1 aliphatic carbocycles. The smallest absolute Gasteiger partial charge is 0.271 e. The molecule has 0 atom stereocenters. The molecule has 1 aliphatic rings. The lowest BCUT2D eigenvalue weighted by Gasteiger charge is -2.36.